The molecule has 0 aliphatic rings. The molecule has 5 heteroatoms. The Morgan fingerprint density at radius 2 is 2.29 bits per heavy atom. The molecule has 0 bridgehead atoms. The third kappa shape index (κ3) is 7.28. The molecule has 0 unspecified atom stereocenters. The largest absolute Gasteiger partial charge is 0.395 e. The molecular formula is C16H23NO3S. The van der Waals surface area contributed by atoms with Gasteiger partial charge >= 0.3 is 0 Å². The van der Waals surface area contributed by atoms with Crippen LogP contribution in [0.4, 0.5) is 0 Å². The van der Waals surface area contributed by atoms with Crippen molar-refractivity contribution in [2.24, 2.45) is 0 Å². The SMILES string of the molecule is CCCOCCC(=O)N(C)Cc1csc(C#CCCO)c1. The molecule has 0 aliphatic heterocycles. The maximum Gasteiger partial charge on any atom is 0.224 e. The fraction of sp³-hybridized carbons (Fsp3) is 0.562. The molecule has 1 rings (SSSR count). The van der Waals surface area contributed by atoms with Gasteiger partial charge in [-0.3, -0.25) is 4.79 Å². The van der Waals surface area contributed by atoms with E-state index in [1.807, 2.05) is 18.4 Å². The van der Waals surface area contributed by atoms with Gasteiger partial charge in [0.2, 0.25) is 5.91 Å². The lowest BCUT2D eigenvalue weighted by molar-refractivity contribution is -0.131. The van der Waals surface area contributed by atoms with Crippen molar-refractivity contribution < 1.29 is 14.6 Å². The average Bonchev–Trinajstić information content (AvgIpc) is 2.91. The first-order chi connectivity index (χ1) is 10.2. The summed E-state index contributed by atoms with van der Waals surface area (Å²) in [6.45, 7) is 3.91. The molecule has 0 saturated heterocycles. The Bertz CT molecular complexity index is 487. The van der Waals surface area contributed by atoms with Gasteiger partial charge in [0.15, 0.2) is 0 Å². The predicted molar refractivity (Wildman–Crippen MR) is 85.1 cm³/mol. The Morgan fingerprint density at radius 1 is 1.48 bits per heavy atom. The highest BCUT2D eigenvalue weighted by molar-refractivity contribution is 7.10. The highest BCUT2D eigenvalue weighted by atomic mass is 32.1. The minimum atomic E-state index is 0.0859. The lowest BCUT2D eigenvalue weighted by atomic mass is 10.2. The molecule has 1 N–H and O–H groups in total. The molecular weight excluding hydrogens is 286 g/mol. The van der Waals surface area contributed by atoms with E-state index in [0.717, 1.165) is 16.9 Å². The van der Waals surface area contributed by atoms with Crippen LogP contribution in [-0.2, 0) is 16.1 Å². The molecule has 0 fully saturated rings. The quantitative estimate of drug-likeness (QED) is 0.592. The lowest BCUT2D eigenvalue weighted by Gasteiger charge is -2.16. The summed E-state index contributed by atoms with van der Waals surface area (Å²) in [5.41, 5.74) is 1.08. The summed E-state index contributed by atoms with van der Waals surface area (Å²) in [7, 11) is 1.80. The third-order valence-electron chi connectivity index (χ3n) is 2.76. The molecule has 0 atom stereocenters. The van der Waals surface area contributed by atoms with Gasteiger partial charge in [0.1, 0.15) is 0 Å². The molecule has 1 aromatic heterocycles. The van der Waals surface area contributed by atoms with E-state index >= 15 is 0 Å². The number of hydrogen-bond donors (Lipinski definition) is 1. The van der Waals surface area contributed by atoms with E-state index in [9.17, 15) is 4.79 Å². The van der Waals surface area contributed by atoms with E-state index in [4.69, 9.17) is 9.84 Å². The molecule has 0 aromatic carbocycles. The number of thiophene rings is 1. The molecule has 0 aliphatic carbocycles. The number of hydrogen-bond acceptors (Lipinski definition) is 4. The second-order valence-electron chi connectivity index (χ2n) is 4.71. The fourth-order valence-electron chi connectivity index (χ4n) is 1.69. The fourth-order valence-corrected chi connectivity index (χ4v) is 2.46. The maximum atomic E-state index is 11.9. The summed E-state index contributed by atoms with van der Waals surface area (Å²) in [6, 6.07) is 1.99. The zero-order valence-corrected chi connectivity index (χ0v) is 13.5. The zero-order chi connectivity index (χ0) is 15.5. The topological polar surface area (TPSA) is 49.8 Å². The van der Waals surface area contributed by atoms with Crippen LogP contribution >= 0.6 is 11.3 Å². The number of carbonyl (C=O) groups is 1. The molecule has 0 saturated carbocycles. The number of ether oxygens (including phenoxy) is 1. The smallest absolute Gasteiger partial charge is 0.224 e. The highest BCUT2D eigenvalue weighted by Crippen LogP contribution is 2.15. The second-order valence-corrected chi connectivity index (χ2v) is 5.62. The summed E-state index contributed by atoms with van der Waals surface area (Å²) in [5, 5.41) is 10.7. The number of carbonyl (C=O) groups excluding carboxylic acids is 1. The Balaban J connectivity index is 2.38. The van der Waals surface area contributed by atoms with Crippen molar-refractivity contribution in [2.45, 2.75) is 32.7 Å². The van der Waals surface area contributed by atoms with Crippen LogP contribution in [-0.4, -0.2) is 42.8 Å². The second kappa shape index (κ2) is 10.4. The van der Waals surface area contributed by atoms with Crippen LogP contribution in [0.25, 0.3) is 0 Å². The number of aliphatic hydroxyl groups excluding tert-OH is 1. The first-order valence-corrected chi connectivity index (χ1v) is 8.04. The Kier molecular flexibility index (Phi) is 8.76. The van der Waals surface area contributed by atoms with Crippen LogP contribution in [0.3, 0.4) is 0 Å². The van der Waals surface area contributed by atoms with Crippen LogP contribution < -0.4 is 0 Å². The van der Waals surface area contributed by atoms with E-state index < -0.39 is 0 Å². The van der Waals surface area contributed by atoms with Gasteiger partial charge in [-0.25, -0.2) is 0 Å². The zero-order valence-electron chi connectivity index (χ0n) is 12.7. The Hall–Kier alpha value is -1.35. The predicted octanol–water partition coefficient (Wildman–Crippen LogP) is 2.26. The Labute approximate surface area is 130 Å². The normalized spacial score (nSPS) is 10.0. The number of aliphatic hydroxyl groups is 1. The summed E-state index contributed by atoms with van der Waals surface area (Å²) < 4.78 is 5.33. The number of nitrogens with zero attached hydrogens (tertiary/aromatic N) is 1. The molecule has 1 heterocycles. The van der Waals surface area contributed by atoms with Crippen molar-refractivity contribution >= 4 is 17.2 Å². The average molecular weight is 309 g/mol. The summed E-state index contributed by atoms with van der Waals surface area (Å²) >= 11 is 1.56. The monoisotopic (exact) mass is 309 g/mol. The van der Waals surface area contributed by atoms with Crippen LogP contribution in [0.5, 0.6) is 0 Å². The van der Waals surface area contributed by atoms with Crippen molar-refractivity contribution in [1.29, 1.82) is 0 Å². The third-order valence-corrected chi connectivity index (χ3v) is 3.65. The van der Waals surface area contributed by atoms with Gasteiger partial charge < -0.3 is 14.7 Å². The van der Waals surface area contributed by atoms with Crippen molar-refractivity contribution in [1.82, 2.24) is 4.90 Å². The first-order valence-electron chi connectivity index (χ1n) is 7.16. The van der Waals surface area contributed by atoms with Gasteiger partial charge in [-0.05, 0) is 23.4 Å². The maximum absolute atomic E-state index is 11.9. The van der Waals surface area contributed by atoms with Crippen molar-refractivity contribution in [3.63, 3.8) is 0 Å². The van der Waals surface area contributed by atoms with Gasteiger partial charge in [0.25, 0.3) is 0 Å². The first kappa shape index (κ1) is 17.7. The van der Waals surface area contributed by atoms with Crippen LogP contribution in [0.2, 0.25) is 0 Å². The van der Waals surface area contributed by atoms with E-state index in [0.29, 0.717) is 32.6 Å². The minimum absolute atomic E-state index is 0.0859. The van der Waals surface area contributed by atoms with Crippen molar-refractivity contribution in [2.75, 3.05) is 26.9 Å². The molecule has 0 radical (unpaired) electrons. The van der Waals surface area contributed by atoms with Gasteiger partial charge in [0.05, 0.1) is 24.5 Å². The molecule has 116 valence electrons. The van der Waals surface area contributed by atoms with E-state index in [2.05, 4.69) is 11.8 Å². The van der Waals surface area contributed by atoms with Gasteiger partial charge in [0, 0.05) is 26.6 Å². The van der Waals surface area contributed by atoms with Gasteiger partial charge in [-0.1, -0.05) is 18.8 Å². The van der Waals surface area contributed by atoms with E-state index in [1.54, 1.807) is 23.3 Å². The van der Waals surface area contributed by atoms with Gasteiger partial charge in [-0.2, -0.15) is 0 Å². The van der Waals surface area contributed by atoms with E-state index in [1.165, 1.54) is 0 Å². The van der Waals surface area contributed by atoms with E-state index in [-0.39, 0.29) is 12.5 Å². The van der Waals surface area contributed by atoms with Crippen molar-refractivity contribution in [3.05, 3.63) is 21.9 Å². The summed E-state index contributed by atoms with van der Waals surface area (Å²) in [5.74, 6) is 5.98. The highest BCUT2D eigenvalue weighted by Gasteiger charge is 2.10. The van der Waals surface area contributed by atoms with Crippen molar-refractivity contribution in [3.8, 4) is 11.8 Å². The Morgan fingerprint density at radius 3 is 3.00 bits per heavy atom. The minimum Gasteiger partial charge on any atom is -0.395 e. The molecule has 4 nitrogen and oxygen atoms in total. The summed E-state index contributed by atoms with van der Waals surface area (Å²) in [6.07, 6.45) is 1.88. The number of rotatable bonds is 8. The molecule has 21 heavy (non-hydrogen) atoms. The standard InChI is InChI=1S/C16H23NO3S/c1-3-9-20-10-7-16(19)17(2)12-14-11-15(21-13-14)6-4-5-8-18/h11,13,18H,3,5,7-10,12H2,1-2H3. The summed E-state index contributed by atoms with van der Waals surface area (Å²) in [4.78, 5) is 14.6. The van der Waals surface area contributed by atoms with Crippen LogP contribution in [0.15, 0.2) is 11.4 Å². The molecule has 0 spiro atoms. The van der Waals surface area contributed by atoms with Crippen LogP contribution in [0.1, 0.15) is 36.6 Å². The molecule has 1 aromatic rings. The lowest BCUT2D eigenvalue weighted by Crippen LogP contribution is -2.26. The van der Waals surface area contributed by atoms with Gasteiger partial charge in [-0.15, -0.1) is 11.3 Å². The van der Waals surface area contributed by atoms with Crippen LogP contribution in [0, 0.1) is 11.8 Å². The number of amides is 1. The molecule has 1 amide bonds.